The molecule has 0 radical (unpaired) electrons. The van der Waals surface area contributed by atoms with Gasteiger partial charge >= 0.3 is 0 Å². The number of ether oxygens (including phenoxy) is 1. The second-order valence-electron chi connectivity index (χ2n) is 5.23. The molecule has 2 aromatic carbocycles. The predicted molar refractivity (Wildman–Crippen MR) is 97.9 cm³/mol. The van der Waals surface area contributed by atoms with Crippen molar-refractivity contribution in [3.63, 3.8) is 0 Å². The van der Waals surface area contributed by atoms with E-state index in [1.54, 1.807) is 0 Å². The zero-order valence-electron chi connectivity index (χ0n) is 13.8. The van der Waals surface area contributed by atoms with Crippen LogP contribution in [-0.2, 0) is 14.8 Å². The predicted octanol–water partition coefficient (Wildman–Crippen LogP) is 3.40. The molecule has 0 spiro atoms. The fraction of sp³-hybridized carbons (Fsp3) is 0.188. The Morgan fingerprint density at radius 3 is 2.50 bits per heavy atom. The lowest BCUT2D eigenvalue weighted by Crippen LogP contribution is -2.35. The maximum atomic E-state index is 13.5. The van der Waals surface area contributed by atoms with E-state index in [-0.39, 0.29) is 15.7 Å². The highest BCUT2D eigenvalue weighted by Crippen LogP contribution is 2.27. The second kappa shape index (κ2) is 8.22. The molecule has 26 heavy (non-hydrogen) atoms. The van der Waals surface area contributed by atoms with Crippen molar-refractivity contribution in [2.45, 2.75) is 4.90 Å². The van der Waals surface area contributed by atoms with Gasteiger partial charge in [-0.15, -0.1) is 0 Å². The van der Waals surface area contributed by atoms with Gasteiger partial charge in [0.25, 0.3) is 0 Å². The molecule has 1 amide bonds. The number of rotatable bonds is 6. The maximum Gasteiger partial charge on any atom is 0.247 e. The van der Waals surface area contributed by atoms with Crippen LogP contribution in [0.4, 0.5) is 10.1 Å². The normalized spacial score (nSPS) is 11.5. The summed E-state index contributed by atoms with van der Waals surface area (Å²) >= 11 is 11.7. The number of amides is 1. The van der Waals surface area contributed by atoms with E-state index in [1.807, 2.05) is 0 Å². The number of hydrogen-bond acceptors (Lipinski definition) is 4. The van der Waals surface area contributed by atoms with Gasteiger partial charge in [-0.3, -0.25) is 4.79 Å². The summed E-state index contributed by atoms with van der Waals surface area (Å²) in [7, 11) is -1.68. The molecule has 6 nitrogen and oxygen atoms in total. The van der Waals surface area contributed by atoms with E-state index < -0.39 is 28.3 Å². The Balaban J connectivity index is 2.17. The monoisotopic (exact) mass is 420 g/mol. The summed E-state index contributed by atoms with van der Waals surface area (Å²) in [5.41, 5.74) is 0.360. The zero-order chi connectivity index (χ0) is 19.5. The molecule has 10 heteroatoms. The first kappa shape index (κ1) is 20.4. The number of nitrogens with one attached hydrogen (secondary N) is 1. The average molecular weight is 421 g/mol. The summed E-state index contributed by atoms with van der Waals surface area (Å²) in [4.78, 5) is 11.7. The van der Waals surface area contributed by atoms with Crippen LogP contribution in [0.3, 0.4) is 0 Å². The molecule has 0 unspecified atom stereocenters. The minimum absolute atomic E-state index is 0.0249. The van der Waals surface area contributed by atoms with Crippen molar-refractivity contribution in [3.8, 4) is 5.75 Å². The van der Waals surface area contributed by atoms with Crippen molar-refractivity contribution in [1.82, 2.24) is 4.31 Å². The molecular weight excluding hydrogens is 406 g/mol. The van der Waals surface area contributed by atoms with Crippen LogP contribution >= 0.6 is 23.2 Å². The summed E-state index contributed by atoms with van der Waals surface area (Å²) in [5, 5.41) is 3.08. The van der Waals surface area contributed by atoms with Gasteiger partial charge in [0.05, 0.1) is 23.7 Å². The molecule has 0 aliphatic heterocycles. The highest BCUT2D eigenvalue weighted by Gasteiger charge is 2.27. The molecule has 1 N–H and O–H groups in total. The van der Waals surface area contributed by atoms with Gasteiger partial charge in [0.1, 0.15) is 16.5 Å². The third kappa shape index (κ3) is 4.64. The molecular formula is C16H15Cl2FN2O4S. The minimum atomic E-state index is -4.15. The number of sulfonamides is 1. The topological polar surface area (TPSA) is 75.7 Å². The summed E-state index contributed by atoms with van der Waals surface area (Å²) in [6.07, 6.45) is 0. The number of carbonyl (C=O) groups excluding carboxylic acids is 1. The van der Waals surface area contributed by atoms with E-state index in [0.29, 0.717) is 10.7 Å². The Labute approximate surface area is 160 Å². The van der Waals surface area contributed by atoms with E-state index in [1.165, 1.54) is 38.4 Å². The molecule has 0 heterocycles. The molecule has 0 aromatic heterocycles. The number of anilines is 1. The van der Waals surface area contributed by atoms with E-state index in [0.717, 1.165) is 16.4 Å². The number of halogens is 3. The van der Waals surface area contributed by atoms with E-state index in [4.69, 9.17) is 27.9 Å². The molecule has 0 aliphatic rings. The van der Waals surface area contributed by atoms with Crippen molar-refractivity contribution in [2.75, 3.05) is 26.0 Å². The molecule has 0 bridgehead atoms. The molecule has 2 aromatic rings. The molecule has 0 saturated carbocycles. The largest absolute Gasteiger partial charge is 0.495 e. The number of methoxy groups -OCH3 is 1. The van der Waals surface area contributed by atoms with Gasteiger partial charge in [-0.1, -0.05) is 23.2 Å². The maximum absolute atomic E-state index is 13.5. The number of likely N-dealkylation sites (N-methyl/N-ethyl adjacent to an activating group) is 1. The molecule has 0 atom stereocenters. The number of hydrogen-bond donors (Lipinski definition) is 1. The first-order valence-corrected chi connectivity index (χ1v) is 9.39. The van der Waals surface area contributed by atoms with Crippen LogP contribution in [0.5, 0.6) is 5.75 Å². The van der Waals surface area contributed by atoms with Gasteiger partial charge in [0.15, 0.2) is 0 Å². The lowest BCUT2D eigenvalue weighted by atomic mass is 10.3. The summed E-state index contributed by atoms with van der Waals surface area (Å²) in [6, 6.07) is 7.57. The van der Waals surface area contributed by atoms with Crippen molar-refractivity contribution in [3.05, 3.63) is 52.3 Å². The quantitative estimate of drug-likeness (QED) is 0.776. The van der Waals surface area contributed by atoms with Crippen molar-refractivity contribution in [1.29, 1.82) is 0 Å². The van der Waals surface area contributed by atoms with Gasteiger partial charge in [-0.25, -0.2) is 12.8 Å². The van der Waals surface area contributed by atoms with Gasteiger partial charge in [-0.2, -0.15) is 4.31 Å². The molecule has 0 saturated heterocycles. The highest BCUT2D eigenvalue weighted by atomic mass is 35.5. The van der Waals surface area contributed by atoms with Crippen molar-refractivity contribution in [2.24, 2.45) is 0 Å². The highest BCUT2D eigenvalue weighted by molar-refractivity contribution is 7.89. The van der Waals surface area contributed by atoms with Gasteiger partial charge in [-0.05, 0) is 36.4 Å². The summed E-state index contributed by atoms with van der Waals surface area (Å²) in [5.74, 6) is -1.37. The Morgan fingerprint density at radius 1 is 1.19 bits per heavy atom. The SMILES string of the molecule is COc1ccc(F)cc1S(=O)(=O)N(C)CC(=O)Nc1ccc(Cl)c(Cl)c1. The number of nitrogens with zero attached hydrogens (tertiary/aromatic N) is 1. The van der Waals surface area contributed by atoms with Crippen LogP contribution in [-0.4, -0.2) is 39.3 Å². The third-order valence-corrected chi connectivity index (χ3v) is 5.95. The Kier molecular flexibility index (Phi) is 6.46. The van der Waals surface area contributed by atoms with Gasteiger partial charge in [0, 0.05) is 12.7 Å². The summed E-state index contributed by atoms with van der Waals surface area (Å²) < 4.78 is 44.4. The minimum Gasteiger partial charge on any atom is -0.495 e. The van der Waals surface area contributed by atoms with Crippen LogP contribution in [0.1, 0.15) is 0 Å². The van der Waals surface area contributed by atoms with Crippen LogP contribution < -0.4 is 10.1 Å². The fourth-order valence-corrected chi connectivity index (χ4v) is 3.67. The van der Waals surface area contributed by atoms with Crippen molar-refractivity contribution < 1.29 is 22.3 Å². The van der Waals surface area contributed by atoms with Crippen molar-refractivity contribution >= 4 is 44.8 Å². The Bertz CT molecular complexity index is 938. The second-order valence-corrected chi connectivity index (χ2v) is 8.06. The Morgan fingerprint density at radius 2 is 1.88 bits per heavy atom. The third-order valence-electron chi connectivity index (χ3n) is 3.38. The van der Waals surface area contributed by atoms with E-state index in [2.05, 4.69) is 5.32 Å². The van der Waals surface area contributed by atoms with Gasteiger partial charge in [0.2, 0.25) is 15.9 Å². The van der Waals surface area contributed by atoms with Crippen LogP contribution in [0.2, 0.25) is 10.0 Å². The van der Waals surface area contributed by atoms with Gasteiger partial charge < -0.3 is 10.1 Å². The van der Waals surface area contributed by atoms with E-state index in [9.17, 15) is 17.6 Å². The van der Waals surface area contributed by atoms with Crippen LogP contribution in [0.15, 0.2) is 41.3 Å². The van der Waals surface area contributed by atoms with Crippen LogP contribution in [0.25, 0.3) is 0 Å². The molecule has 2 rings (SSSR count). The molecule has 0 fully saturated rings. The fourth-order valence-electron chi connectivity index (χ4n) is 2.08. The molecule has 0 aliphatic carbocycles. The summed E-state index contributed by atoms with van der Waals surface area (Å²) in [6.45, 7) is -0.498. The lowest BCUT2D eigenvalue weighted by Gasteiger charge is -2.18. The molecule has 140 valence electrons. The smallest absolute Gasteiger partial charge is 0.247 e. The number of carbonyl (C=O) groups is 1. The number of benzene rings is 2. The standard InChI is InChI=1S/C16H15Cl2FN2O4S/c1-21(9-16(22)20-11-4-5-12(17)13(18)8-11)26(23,24)15-7-10(19)3-6-14(15)25-2/h3-8H,9H2,1-2H3,(H,20,22). The zero-order valence-corrected chi connectivity index (χ0v) is 16.1. The first-order chi connectivity index (χ1) is 12.1. The Hall–Kier alpha value is -1.87. The van der Waals surface area contributed by atoms with E-state index >= 15 is 0 Å². The van der Waals surface area contributed by atoms with Crippen LogP contribution in [0, 0.1) is 5.82 Å². The first-order valence-electron chi connectivity index (χ1n) is 7.20. The average Bonchev–Trinajstić information content (AvgIpc) is 2.58. The lowest BCUT2D eigenvalue weighted by molar-refractivity contribution is -0.116.